The number of rotatable bonds is 5. The van der Waals surface area contributed by atoms with Gasteiger partial charge in [0, 0.05) is 19.3 Å². The first kappa shape index (κ1) is 13.0. The highest BCUT2D eigenvalue weighted by molar-refractivity contribution is 7.98. The summed E-state index contributed by atoms with van der Waals surface area (Å²) in [6, 6.07) is 8.18. The minimum atomic E-state index is 0.859. The molecule has 0 fully saturated rings. The van der Waals surface area contributed by atoms with Gasteiger partial charge >= 0.3 is 0 Å². The number of aromatic nitrogens is 3. The zero-order valence-electron chi connectivity index (χ0n) is 11.0. The molecule has 0 aromatic carbocycles. The molecular weight excluding hydrogens is 244 g/mol. The van der Waals surface area contributed by atoms with Crippen LogP contribution < -0.4 is 5.32 Å². The van der Waals surface area contributed by atoms with Crippen LogP contribution in [0.4, 0.5) is 5.82 Å². The molecule has 5 heteroatoms. The van der Waals surface area contributed by atoms with Gasteiger partial charge in [-0.15, -0.1) is 11.8 Å². The minimum Gasteiger partial charge on any atom is -0.370 e. The Morgan fingerprint density at radius 1 is 1.39 bits per heavy atom. The fourth-order valence-electron chi connectivity index (χ4n) is 1.71. The normalized spacial score (nSPS) is 10.6. The molecular formula is C13H18N4S. The Morgan fingerprint density at radius 3 is 2.89 bits per heavy atom. The molecule has 0 saturated carbocycles. The Hall–Kier alpha value is -1.49. The molecule has 0 atom stereocenters. The van der Waals surface area contributed by atoms with Crippen molar-refractivity contribution < 1.29 is 0 Å². The second-order valence-electron chi connectivity index (χ2n) is 4.08. The number of thioether (sulfide) groups is 1. The zero-order chi connectivity index (χ0) is 13.0. The molecule has 0 saturated heterocycles. The van der Waals surface area contributed by atoms with Crippen LogP contribution in [0.1, 0.15) is 18.3 Å². The molecule has 0 spiro atoms. The molecule has 0 bridgehead atoms. The Bertz CT molecular complexity index is 521. The standard InChI is InChI=1S/C13H18N4S/c1-4-14-12-7-5-6-11(15-12)9-18-13-8-10(2)16-17(13)3/h5-8H,4,9H2,1-3H3,(H,14,15). The third kappa shape index (κ3) is 3.26. The first-order chi connectivity index (χ1) is 8.69. The summed E-state index contributed by atoms with van der Waals surface area (Å²) in [6.07, 6.45) is 0. The van der Waals surface area contributed by atoms with Crippen molar-refractivity contribution in [1.29, 1.82) is 0 Å². The van der Waals surface area contributed by atoms with Gasteiger partial charge < -0.3 is 5.32 Å². The predicted octanol–water partition coefficient (Wildman–Crippen LogP) is 2.85. The molecule has 1 N–H and O–H groups in total. The van der Waals surface area contributed by atoms with Crippen molar-refractivity contribution >= 4 is 17.6 Å². The van der Waals surface area contributed by atoms with Gasteiger partial charge in [-0.05, 0) is 32.0 Å². The van der Waals surface area contributed by atoms with Gasteiger partial charge in [0.25, 0.3) is 0 Å². The number of hydrogen-bond donors (Lipinski definition) is 1. The summed E-state index contributed by atoms with van der Waals surface area (Å²) < 4.78 is 1.91. The molecule has 0 unspecified atom stereocenters. The van der Waals surface area contributed by atoms with E-state index in [0.29, 0.717) is 0 Å². The average Bonchev–Trinajstić information content (AvgIpc) is 2.66. The van der Waals surface area contributed by atoms with Crippen molar-refractivity contribution in [3.8, 4) is 0 Å². The maximum absolute atomic E-state index is 4.55. The van der Waals surface area contributed by atoms with Crippen LogP contribution in [0.25, 0.3) is 0 Å². The van der Waals surface area contributed by atoms with E-state index in [-0.39, 0.29) is 0 Å². The highest BCUT2D eigenvalue weighted by atomic mass is 32.2. The summed E-state index contributed by atoms with van der Waals surface area (Å²) in [7, 11) is 1.97. The van der Waals surface area contributed by atoms with Gasteiger partial charge in [0.05, 0.1) is 16.4 Å². The van der Waals surface area contributed by atoms with E-state index in [0.717, 1.165) is 29.5 Å². The lowest BCUT2D eigenvalue weighted by molar-refractivity contribution is 0.692. The van der Waals surface area contributed by atoms with Gasteiger partial charge in [0.2, 0.25) is 0 Å². The van der Waals surface area contributed by atoms with E-state index in [4.69, 9.17) is 0 Å². The van der Waals surface area contributed by atoms with Crippen molar-refractivity contribution in [2.45, 2.75) is 24.6 Å². The summed E-state index contributed by atoms with van der Waals surface area (Å²) in [5.41, 5.74) is 2.13. The quantitative estimate of drug-likeness (QED) is 0.841. The number of anilines is 1. The molecule has 0 aliphatic carbocycles. The molecule has 2 rings (SSSR count). The van der Waals surface area contributed by atoms with Crippen LogP contribution in [0.15, 0.2) is 29.3 Å². The van der Waals surface area contributed by atoms with Crippen LogP contribution in [0.3, 0.4) is 0 Å². The number of pyridine rings is 1. The van der Waals surface area contributed by atoms with E-state index in [1.54, 1.807) is 11.8 Å². The SMILES string of the molecule is CCNc1cccc(CSc2cc(C)nn2C)n1. The smallest absolute Gasteiger partial charge is 0.126 e. The first-order valence-corrected chi connectivity index (χ1v) is 7.01. The summed E-state index contributed by atoms with van der Waals surface area (Å²) in [4.78, 5) is 4.55. The van der Waals surface area contributed by atoms with Gasteiger partial charge in [-0.2, -0.15) is 5.10 Å². The van der Waals surface area contributed by atoms with Gasteiger partial charge in [0.15, 0.2) is 0 Å². The second-order valence-corrected chi connectivity index (χ2v) is 5.08. The van der Waals surface area contributed by atoms with E-state index in [9.17, 15) is 0 Å². The topological polar surface area (TPSA) is 42.7 Å². The average molecular weight is 262 g/mol. The number of nitrogens with zero attached hydrogens (tertiary/aromatic N) is 3. The van der Waals surface area contributed by atoms with Crippen LogP contribution in [0.5, 0.6) is 0 Å². The molecule has 0 aliphatic heterocycles. The zero-order valence-corrected chi connectivity index (χ0v) is 11.8. The maximum Gasteiger partial charge on any atom is 0.126 e. The van der Waals surface area contributed by atoms with E-state index in [1.165, 1.54) is 5.03 Å². The van der Waals surface area contributed by atoms with E-state index < -0.39 is 0 Å². The minimum absolute atomic E-state index is 0.859. The molecule has 0 amide bonds. The number of hydrogen-bond acceptors (Lipinski definition) is 4. The van der Waals surface area contributed by atoms with Gasteiger partial charge in [-0.3, -0.25) is 4.68 Å². The van der Waals surface area contributed by atoms with Crippen molar-refractivity contribution in [2.24, 2.45) is 7.05 Å². The van der Waals surface area contributed by atoms with Crippen LogP contribution >= 0.6 is 11.8 Å². The Kier molecular flexibility index (Phi) is 4.25. The summed E-state index contributed by atoms with van der Waals surface area (Å²) >= 11 is 1.76. The Morgan fingerprint density at radius 2 is 2.22 bits per heavy atom. The maximum atomic E-state index is 4.55. The molecule has 0 radical (unpaired) electrons. The molecule has 18 heavy (non-hydrogen) atoms. The first-order valence-electron chi connectivity index (χ1n) is 6.02. The Balaban J connectivity index is 2.01. The number of nitrogens with one attached hydrogen (secondary N) is 1. The van der Waals surface area contributed by atoms with Crippen LogP contribution in [-0.2, 0) is 12.8 Å². The predicted molar refractivity (Wildman–Crippen MR) is 75.9 cm³/mol. The van der Waals surface area contributed by atoms with E-state index in [1.807, 2.05) is 30.8 Å². The lowest BCUT2D eigenvalue weighted by Crippen LogP contribution is -2.00. The summed E-state index contributed by atoms with van der Waals surface area (Å²) in [5.74, 6) is 1.80. The lowest BCUT2D eigenvalue weighted by Gasteiger charge is -2.05. The molecule has 2 heterocycles. The Labute approximate surface area is 112 Å². The fourth-order valence-corrected chi connectivity index (χ4v) is 2.65. The largest absolute Gasteiger partial charge is 0.370 e. The fraction of sp³-hybridized carbons (Fsp3) is 0.385. The van der Waals surface area contributed by atoms with Crippen LogP contribution in [-0.4, -0.2) is 21.3 Å². The highest BCUT2D eigenvalue weighted by Crippen LogP contribution is 2.22. The monoisotopic (exact) mass is 262 g/mol. The van der Waals surface area contributed by atoms with Crippen molar-refractivity contribution in [1.82, 2.24) is 14.8 Å². The third-order valence-electron chi connectivity index (χ3n) is 2.49. The molecule has 2 aromatic rings. The van der Waals surface area contributed by atoms with Crippen LogP contribution in [0.2, 0.25) is 0 Å². The molecule has 96 valence electrons. The van der Waals surface area contributed by atoms with E-state index in [2.05, 4.69) is 34.5 Å². The highest BCUT2D eigenvalue weighted by Gasteiger charge is 2.04. The summed E-state index contributed by atoms with van der Waals surface area (Å²) in [5, 5.41) is 8.73. The summed E-state index contributed by atoms with van der Waals surface area (Å²) in [6.45, 7) is 4.97. The van der Waals surface area contributed by atoms with Crippen molar-refractivity contribution in [3.05, 3.63) is 35.7 Å². The number of aryl methyl sites for hydroxylation is 2. The van der Waals surface area contributed by atoms with Crippen molar-refractivity contribution in [2.75, 3.05) is 11.9 Å². The van der Waals surface area contributed by atoms with Gasteiger partial charge in [0.1, 0.15) is 5.82 Å². The molecule has 2 aromatic heterocycles. The van der Waals surface area contributed by atoms with Gasteiger partial charge in [-0.1, -0.05) is 6.07 Å². The van der Waals surface area contributed by atoms with E-state index >= 15 is 0 Å². The molecule has 4 nitrogen and oxygen atoms in total. The third-order valence-corrected chi connectivity index (χ3v) is 3.61. The van der Waals surface area contributed by atoms with Crippen molar-refractivity contribution in [3.63, 3.8) is 0 Å². The van der Waals surface area contributed by atoms with Gasteiger partial charge in [-0.25, -0.2) is 4.98 Å². The second kappa shape index (κ2) is 5.91. The van der Waals surface area contributed by atoms with Crippen LogP contribution in [0, 0.1) is 6.92 Å². The molecule has 0 aliphatic rings. The lowest BCUT2D eigenvalue weighted by atomic mass is 10.4.